The zero-order valence-electron chi connectivity index (χ0n) is 38.7. The number of ether oxygens (including phenoxy) is 4. The van der Waals surface area contributed by atoms with Crippen LogP contribution in [0, 0.1) is 0 Å². The highest BCUT2D eigenvalue weighted by atomic mass is 16.5. The molecule has 1 aliphatic carbocycles. The fraction of sp³-hybridized carbons (Fsp3) is 0.462. The van der Waals surface area contributed by atoms with Crippen molar-refractivity contribution in [3.05, 3.63) is 115 Å². The van der Waals surface area contributed by atoms with Crippen molar-refractivity contribution in [2.45, 2.75) is 158 Å². The minimum absolute atomic E-state index is 0.257. The molecule has 0 aromatic heterocycles. The summed E-state index contributed by atoms with van der Waals surface area (Å²) in [6.45, 7) is 31.2. The van der Waals surface area contributed by atoms with Gasteiger partial charge in [-0.05, 0) is 43.9 Å². The van der Waals surface area contributed by atoms with Crippen molar-refractivity contribution in [3.8, 4) is 23.0 Å². The average molecular weight is 817 g/mol. The molecule has 8 bridgehead atoms. The van der Waals surface area contributed by atoms with Crippen LogP contribution in [0.3, 0.4) is 0 Å². The molecule has 0 aliphatic heterocycles. The lowest BCUT2D eigenvalue weighted by molar-refractivity contribution is -0.132. The zero-order chi connectivity index (χ0) is 44.9. The van der Waals surface area contributed by atoms with Gasteiger partial charge in [-0.15, -0.1) is 0 Å². The van der Waals surface area contributed by atoms with Crippen LogP contribution in [-0.4, -0.2) is 23.9 Å². The van der Waals surface area contributed by atoms with Crippen molar-refractivity contribution in [2.24, 2.45) is 0 Å². The van der Waals surface area contributed by atoms with E-state index in [1.807, 2.05) is 0 Å². The molecule has 0 saturated carbocycles. The van der Waals surface area contributed by atoms with Gasteiger partial charge in [-0.3, -0.25) is 19.2 Å². The van der Waals surface area contributed by atoms with E-state index in [4.69, 9.17) is 18.9 Å². The van der Waals surface area contributed by atoms with Crippen LogP contribution in [0.1, 0.15) is 178 Å². The molecule has 0 heterocycles. The second-order valence-corrected chi connectivity index (χ2v) is 20.6. The molecule has 0 radical (unpaired) electrons. The molecule has 8 heteroatoms. The Labute approximate surface area is 357 Å². The monoisotopic (exact) mass is 816 g/mol. The first-order valence-corrected chi connectivity index (χ1v) is 20.9. The van der Waals surface area contributed by atoms with Crippen LogP contribution in [0.5, 0.6) is 23.0 Å². The molecule has 8 nitrogen and oxygen atoms in total. The lowest BCUT2D eigenvalue weighted by Crippen LogP contribution is -2.19. The number of benzene rings is 4. The fourth-order valence-corrected chi connectivity index (χ4v) is 7.72. The summed E-state index contributed by atoms with van der Waals surface area (Å²) in [6, 6.07) is 16.6. The first-order chi connectivity index (χ1) is 27.5. The molecule has 320 valence electrons. The van der Waals surface area contributed by atoms with E-state index in [-0.39, 0.29) is 47.3 Å². The third kappa shape index (κ3) is 10.7. The number of hydrogen-bond acceptors (Lipinski definition) is 8. The molecule has 0 unspecified atom stereocenters. The summed E-state index contributed by atoms with van der Waals surface area (Å²) >= 11 is 0. The highest BCUT2D eigenvalue weighted by Gasteiger charge is 2.30. The zero-order valence-corrected chi connectivity index (χ0v) is 38.7. The summed E-state index contributed by atoms with van der Waals surface area (Å²) in [5, 5.41) is 0. The van der Waals surface area contributed by atoms with E-state index >= 15 is 0 Å². The summed E-state index contributed by atoms with van der Waals surface area (Å²) in [5.41, 5.74) is 8.74. The van der Waals surface area contributed by atoms with Gasteiger partial charge in [0.2, 0.25) is 0 Å². The van der Waals surface area contributed by atoms with E-state index < -0.39 is 23.9 Å². The second kappa shape index (κ2) is 16.7. The molecule has 1 aliphatic rings. The summed E-state index contributed by atoms with van der Waals surface area (Å²) < 4.78 is 24.8. The predicted octanol–water partition coefficient (Wildman–Crippen LogP) is 11.3. The third-order valence-corrected chi connectivity index (χ3v) is 10.9. The first-order valence-electron chi connectivity index (χ1n) is 20.9. The maximum Gasteiger partial charge on any atom is 0.308 e. The highest BCUT2D eigenvalue weighted by Crippen LogP contribution is 2.44. The molecule has 4 aromatic rings. The molecule has 0 atom stereocenters. The maximum atomic E-state index is 13.0. The molecular weight excluding hydrogens is 753 g/mol. The molecule has 5 rings (SSSR count). The maximum absolute atomic E-state index is 13.0. The molecule has 0 N–H and O–H groups in total. The standard InChI is InChI=1S/C52H64O8/c1-29(53)57-45-33-17-35-23-42(50(8,9)10)25-37(46(35)58-30(2)54)19-39-27-44(52(14,15)16)28-40(48(39)60-32(4)56)20-38-26-43(51(11,12)13)24-36(47(38)59-31(3)55)18-34(45)22-41(21-33)49(5,6)7/h21-28H,17-20H2,1-16H3. The minimum atomic E-state index is -0.477. The van der Waals surface area contributed by atoms with Gasteiger partial charge in [0.25, 0.3) is 0 Å². The van der Waals surface area contributed by atoms with Gasteiger partial charge < -0.3 is 18.9 Å². The van der Waals surface area contributed by atoms with Gasteiger partial charge in [0.05, 0.1) is 0 Å². The van der Waals surface area contributed by atoms with Gasteiger partial charge in [-0.1, -0.05) is 132 Å². The van der Waals surface area contributed by atoms with Gasteiger partial charge in [-0.2, -0.15) is 0 Å². The van der Waals surface area contributed by atoms with Crippen LogP contribution < -0.4 is 18.9 Å². The van der Waals surface area contributed by atoms with Gasteiger partial charge >= 0.3 is 23.9 Å². The minimum Gasteiger partial charge on any atom is -0.426 e. The Kier molecular flexibility index (Phi) is 12.7. The Morgan fingerprint density at radius 3 is 0.550 bits per heavy atom. The van der Waals surface area contributed by atoms with Crippen LogP contribution in [0.15, 0.2) is 48.5 Å². The van der Waals surface area contributed by atoms with Crippen LogP contribution in [-0.2, 0) is 66.5 Å². The highest BCUT2D eigenvalue weighted by molar-refractivity contribution is 5.75. The van der Waals surface area contributed by atoms with Crippen molar-refractivity contribution in [1.29, 1.82) is 0 Å². The van der Waals surface area contributed by atoms with Crippen molar-refractivity contribution in [2.75, 3.05) is 0 Å². The van der Waals surface area contributed by atoms with Crippen LogP contribution in [0.25, 0.3) is 0 Å². The number of carbonyl (C=O) groups excluding carboxylic acids is 4. The van der Waals surface area contributed by atoms with E-state index in [1.165, 1.54) is 27.7 Å². The third-order valence-electron chi connectivity index (χ3n) is 10.9. The Balaban J connectivity index is 2.07. The predicted molar refractivity (Wildman–Crippen MR) is 237 cm³/mol. The summed E-state index contributed by atoms with van der Waals surface area (Å²) in [6.07, 6.45) is 1.03. The quantitative estimate of drug-likeness (QED) is 0.130. The Morgan fingerprint density at radius 2 is 0.450 bits per heavy atom. The number of esters is 4. The Bertz CT molecular complexity index is 1940. The van der Waals surface area contributed by atoms with Gasteiger partial charge in [0.1, 0.15) is 23.0 Å². The van der Waals surface area contributed by atoms with E-state index in [0.29, 0.717) is 23.0 Å². The Morgan fingerprint density at radius 1 is 0.317 bits per heavy atom. The van der Waals surface area contributed by atoms with Gasteiger partial charge in [-0.25, -0.2) is 0 Å². The van der Waals surface area contributed by atoms with E-state index in [1.54, 1.807) is 0 Å². The van der Waals surface area contributed by atoms with Crippen molar-refractivity contribution in [1.82, 2.24) is 0 Å². The first kappa shape index (κ1) is 45.8. The lowest BCUT2D eigenvalue weighted by Gasteiger charge is -2.28. The van der Waals surface area contributed by atoms with E-state index in [9.17, 15) is 19.2 Å². The van der Waals surface area contributed by atoms with Crippen molar-refractivity contribution < 1.29 is 38.1 Å². The lowest BCUT2D eigenvalue weighted by atomic mass is 9.79. The Hall–Kier alpha value is -5.24. The average Bonchev–Trinajstić information content (AvgIpc) is 3.06. The molecule has 60 heavy (non-hydrogen) atoms. The van der Waals surface area contributed by atoms with Crippen LogP contribution >= 0.6 is 0 Å². The molecule has 4 aromatic carbocycles. The van der Waals surface area contributed by atoms with Crippen molar-refractivity contribution in [3.63, 3.8) is 0 Å². The van der Waals surface area contributed by atoms with E-state index in [2.05, 4.69) is 132 Å². The normalized spacial score (nSPS) is 13.3. The number of rotatable bonds is 4. The summed E-state index contributed by atoms with van der Waals surface area (Å²) in [4.78, 5) is 52.2. The molecule has 0 spiro atoms. The number of carbonyl (C=O) groups is 4. The summed E-state index contributed by atoms with van der Waals surface area (Å²) in [5.74, 6) is -0.267. The smallest absolute Gasteiger partial charge is 0.308 e. The SMILES string of the molecule is CC(=O)Oc1c2cc(C(C)(C)C)cc1Cc1cc(C(C)(C)C)cc(c1OC(C)=O)Cc1cc(C(C)(C)C)cc(c1OC(C)=O)Cc1cc(C(C)(C)C)cc(c1OC(C)=O)C2. The largest absolute Gasteiger partial charge is 0.426 e. The topological polar surface area (TPSA) is 105 Å². The van der Waals surface area contributed by atoms with Gasteiger partial charge in [0, 0.05) is 97.9 Å². The summed E-state index contributed by atoms with van der Waals surface area (Å²) in [7, 11) is 0. The van der Waals surface area contributed by atoms with Crippen LogP contribution in [0.4, 0.5) is 0 Å². The number of fused-ring (bicyclic) bond motifs is 8. The molecule has 0 amide bonds. The van der Waals surface area contributed by atoms with Gasteiger partial charge in [0.15, 0.2) is 0 Å². The second-order valence-electron chi connectivity index (χ2n) is 20.6. The molecule has 0 saturated heterocycles. The number of hydrogen-bond donors (Lipinski definition) is 0. The molecular formula is C52H64O8. The van der Waals surface area contributed by atoms with Crippen LogP contribution in [0.2, 0.25) is 0 Å². The van der Waals surface area contributed by atoms with E-state index in [0.717, 1.165) is 66.8 Å². The molecule has 0 fully saturated rings. The van der Waals surface area contributed by atoms with Crippen molar-refractivity contribution >= 4 is 23.9 Å². The fourth-order valence-electron chi connectivity index (χ4n) is 7.72.